The lowest BCUT2D eigenvalue weighted by Crippen LogP contribution is -2.30. The largest absolute Gasteiger partial charge is 0.329 e. The third kappa shape index (κ3) is 3.77. The van der Waals surface area contributed by atoms with E-state index in [0.717, 1.165) is 22.3 Å². The first kappa shape index (κ1) is 14.9. The number of rotatable bonds is 5. The van der Waals surface area contributed by atoms with E-state index >= 15 is 0 Å². The van der Waals surface area contributed by atoms with Gasteiger partial charge in [0.05, 0.1) is 16.2 Å². The van der Waals surface area contributed by atoms with Crippen LogP contribution in [0, 0.1) is 0 Å². The maximum Gasteiger partial charge on any atom is 0.0795 e. The molecule has 0 radical (unpaired) electrons. The van der Waals surface area contributed by atoms with Crippen LogP contribution in [0.1, 0.15) is 17.3 Å². The molecule has 3 nitrogen and oxygen atoms in total. The molecule has 2 N–H and O–H groups in total. The molecule has 1 aromatic heterocycles. The van der Waals surface area contributed by atoms with Crippen LogP contribution in [0.5, 0.6) is 0 Å². The average Bonchev–Trinajstić information content (AvgIpc) is 2.87. The van der Waals surface area contributed by atoms with Crippen molar-refractivity contribution < 1.29 is 0 Å². The Hall–Kier alpha value is -0.460. The highest BCUT2D eigenvalue weighted by Crippen LogP contribution is 2.28. The summed E-state index contributed by atoms with van der Waals surface area (Å²) in [4.78, 5) is 6.49. The van der Waals surface area contributed by atoms with Gasteiger partial charge in [0.15, 0.2) is 0 Å². The monoisotopic (exact) mass is 359 g/mol. The highest BCUT2D eigenvalue weighted by molar-refractivity contribution is 9.10. The molecule has 0 spiro atoms. The Morgan fingerprint density at radius 3 is 2.89 bits per heavy atom. The van der Waals surface area contributed by atoms with Gasteiger partial charge in [-0.3, -0.25) is 4.90 Å². The summed E-state index contributed by atoms with van der Waals surface area (Å²) >= 11 is 11.2. The van der Waals surface area contributed by atoms with Crippen LogP contribution >= 0.6 is 38.9 Å². The van der Waals surface area contributed by atoms with E-state index in [1.807, 2.05) is 30.8 Å². The fourth-order valence-corrected chi connectivity index (χ4v) is 2.96. The lowest BCUT2D eigenvalue weighted by molar-refractivity contribution is 0.239. The predicted molar refractivity (Wildman–Crippen MR) is 84.5 cm³/mol. The van der Waals surface area contributed by atoms with Crippen molar-refractivity contribution in [3.05, 3.63) is 49.8 Å². The Morgan fingerprint density at radius 1 is 1.53 bits per heavy atom. The molecule has 0 fully saturated rings. The van der Waals surface area contributed by atoms with Crippen molar-refractivity contribution >= 4 is 38.9 Å². The van der Waals surface area contributed by atoms with E-state index in [2.05, 4.69) is 31.2 Å². The molecular weight excluding hydrogens is 346 g/mol. The van der Waals surface area contributed by atoms with Gasteiger partial charge < -0.3 is 5.73 Å². The van der Waals surface area contributed by atoms with E-state index in [0.29, 0.717) is 11.6 Å². The van der Waals surface area contributed by atoms with Crippen molar-refractivity contribution in [3.63, 3.8) is 0 Å². The van der Waals surface area contributed by atoms with Crippen LogP contribution < -0.4 is 5.73 Å². The second kappa shape index (κ2) is 6.81. The molecule has 102 valence electrons. The molecule has 19 heavy (non-hydrogen) atoms. The number of thiazole rings is 1. The zero-order valence-electron chi connectivity index (χ0n) is 10.5. The Bertz CT molecular complexity index is 533. The maximum absolute atomic E-state index is 6.15. The normalized spacial score (nSPS) is 12.9. The predicted octanol–water partition coefficient (Wildman–Crippen LogP) is 3.69. The van der Waals surface area contributed by atoms with Crippen molar-refractivity contribution in [2.75, 3.05) is 13.6 Å². The quantitative estimate of drug-likeness (QED) is 0.884. The molecule has 0 aliphatic heterocycles. The zero-order valence-corrected chi connectivity index (χ0v) is 13.7. The fraction of sp³-hybridized carbons (Fsp3) is 0.308. The molecule has 0 saturated heterocycles. The minimum Gasteiger partial charge on any atom is -0.329 e. The molecule has 1 aromatic carbocycles. The Kier molecular flexibility index (Phi) is 5.36. The summed E-state index contributed by atoms with van der Waals surface area (Å²) in [5, 5.41) is 2.76. The number of halogens is 2. The SMILES string of the molecule is CN(Cc1cscn1)C(CN)c1ccc(Br)c(Cl)c1. The van der Waals surface area contributed by atoms with E-state index < -0.39 is 0 Å². The number of hydrogen-bond donors (Lipinski definition) is 1. The maximum atomic E-state index is 6.15. The molecule has 0 aliphatic rings. The summed E-state index contributed by atoms with van der Waals surface area (Å²) in [7, 11) is 2.05. The number of likely N-dealkylation sites (N-methyl/N-ethyl adjacent to an activating group) is 1. The number of hydrogen-bond acceptors (Lipinski definition) is 4. The van der Waals surface area contributed by atoms with Gasteiger partial charge in [0.1, 0.15) is 0 Å². The third-order valence-electron chi connectivity index (χ3n) is 2.98. The van der Waals surface area contributed by atoms with Gasteiger partial charge in [-0.15, -0.1) is 11.3 Å². The molecule has 0 saturated carbocycles. The third-order valence-corrected chi connectivity index (χ3v) is 4.85. The zero-order chi connectivity index (χ0) is 13.8. The molecule has 6 heteroatoms. The first-order chi connectivity index (χ1) is 9.11. The van der Waals surface area contributed by atoms with E-state index in [-0.39, 0.29) is 6.04 Å². The van der Waals surface area contributed by atoms with Crippen LogP contribution in [-0.2, 0) is 6.54 Å². The molecule has 1 heterocycles. The highest BCUT2D eigenvalue weighted by atomic mass is 79.9. The van der Waals surface area contributed by atoms with Crippen molar-refractivity contribution in [2.24, 2.45) is 5.73 Å². The second-order valence-electron chi connectivity index (χ2n) is 4.32. The Morgan fingerprint density at radius 2 is 2.32 bits per heavy atom. The van der Waals surface area contributed by atoms with Crippen LogP contribution in [0.15, 0.2) is 33.6 Å². The fourth-order valence-electron chi connectivity index (χ4n) is 1.97. The van der Waals surface area contributed by atoms with Gasteiger partial charge in [0.2, 0.25) is 0 Å². The van der Waals surface area contributed by atoms with Gasteiger partial charge in [-0.2, -0.15) is 0 Å². The minimum absolute atomic E-state index is 0.132. The van der Waals surface area contributed by atoms with E-state index in [1.54, 1.807) is 11.3 Å². The highest BCUT2D eigenvalue weighted by Gasteiger charge is 2.17. The topological polar surface area (TPSA) is 42.2 Å². The standard InChI is InChI=1S/C13H15BrClN3S/c1-18(6-10-7-19-8-17-10)13(5-16)9-2-3-11(14)12(15)4-9/h2-4,7-8,13H,5-6,16H2,1H3. The summed E-state index contributed by atoms with van der Waals surface area (Å²) in [6.07, 6.45) is 0. The summed E-state index contributed by atoms with van der Waals surface area (Å²) in [5.41, 5.74) is 9.94. The van der Waals surface area contributed by atoms with Gasteiger partial charge in [-0.05, 0) is 40.7 Å². The van der Waals surface area contributed by atoms with E-state index in [9.17, 15) is 0 Å². The first-order valence-corrected chi connectivity index (χ1v) is 7.95. The first-order valence-electron chi connectivity index (χ1n) is 5.84. The van der Waals surface area contributed by atoms with Gasteiger partial charge in [-0.1, -0.05) is 17.7 Å². The lowest BCUT2D eigenvalue weighted by atomic mass is 10.1. The molecule has 2 rings (SSSR count). The molecule has 2 aromatic rings. The van der Waals surface area contributed by atoms with E-state index in [1.165, 1.54) is 0 Å². The van der Waals surface area contributed by atoms with Crippen molar-refractivity contribution in [3.8, 4) is 0 Å². The summed E-state index contributed by atoms with van der Waals surface area (Å²) < 4.78 is 0.899. The Labute approximate surface area is 130 Å². The minimum atomic E-state index is 0.132. The van der Waals surface area contributed by atoms with Gasteiger partial charge >= 0.3 is 0 Å². The average molecular weight is 361 g/mol. The number of nitrogens with zero attached hydrogens (tertiary/aromatic N) is 2. The van der Waals surface area contributed by atoms with Gasteiger partial charge in [0, 0.05) is 29.0 Å². The van der Waals surface area contributed by atoms with Crippen LogP contribution in [0.2, 0.25) is 5.02 Å². The molecule has 0 aliphatic carbocycles. The Balaban J connectivity index is 2.16. The molecular formula is C13H15BrClN3S. The van der Waals surface area contributed by atoms with Crippen molar-refractivity contribution in [1.29, 1.82) is 0 Å². The van der Waals surface area contributed by atoms with Crippen LogP contribution in [0.3, 0.4) is 0 Å². The van der Waals surface area contributed by atoms with Gasteiger partial charge in [0.25, 0.3) is 0 Å². The van der Waals surface area contributed by atoms with Gasteiger partial charge in [-0.25, -0.2) is 4.98 Å². The molecule has 1 atom stereocenters. The molecule has 1 unspecified atom stereocenters. The number of aromatic nitrogens is 1. The number of benzene rings is 1. The van der Waals surface area contributed by atoms with Crippen LogP contribution in [-0.4, -0.2) is 23.5 Å². The van der Waals surface area contributed by atoms with Crippen LogP contribution in [0.4, 0.5) is 0 Å². The molecule has 0 amide bonds. The second-order valence-corrected chi connectivity index (χ2v) is 6.30. The summed E-state index contributed by atoms with van der Waals surface area (Å²) in [5.74, 6) is 0. The van der Waals surface area contributed by atoms with Crippen LogP contribution in [0.25, 0.3) is 0 Å². The van der Waals surface area contributed by atoms with Crippen molar-refractivity contribution in [2.45, 2.75) is 12.6 Å². The number of nitrogens with two attached hydrogens (primary N) is 1. The smallest absolute Gasteiger partial charge is 0.0795 e. The van der Waals surface area contributed by atoms with E-state index in [4.69, 9.17) is 17.3 Å². The lowest BCUT2D eigenvalue weighted by Gasteiger charge is -2.27. The summed E-state index contributed by atoms with van der Waals surface area (Å²) in [6.45, 7) is 1.32. The summed E-state index contributed by atoms with van der Waals surface area (Å²) in [6, 6.07) is 6.09. The van der Waals surface area contributed by atoms with Crippen molar-refractivity contribution in [1.82, 2.24) is 9.88 Å². The molecule has 0 bridgehead atoms.